The van der Waals surface area contributed by atoms with E-state index < -0.39 is 96.1 Å². The molecule has 5 rings (SSSR count). The van der Waals surface area contributed by atoms with Gasteiger partial charge >= 0.3 is 23.9 Å². The van der Waals surface area contributed by atoms with Crippen LogP contribution in [0.2, 0.25) is 0 Å². The highest BCUT2D eigenvalue weighted by molar-refractivity contribution is 5.94. The van der Waals surface area contributed by atoms with Gasteiger partial charge in [0, 0.05) is 76.4 Å². The number of esters is 4. The van der Waals surface area contributed by atoms with E-state index in [-0.39, 0.29) is 74.0 Å². The van der Waals surface area contributed by atoms with E-state index in [0.717, 1.165) is 41.9 Å². The third-order valence-corrected chi connectivity index (χ3v) is 16.2. The fourth-order valence-electron chi connectivity index (χ4n) is 11.0. The summed E-state index contributed by atoms with van der Waals surface area (Å²) < 4.78 is 35.5. The van der Waals surface area contributed by atoms with Crippen molar-refractivity contribution in [3.63, 3.8) is 0 Å². The molecule has 0 spiro atoms. The van der Waals surface area contributed by atoms with Gasteiger partial charge in [-0.3, -0.25) is 19.2 Å². The fourth-order valence-corrected chi connectivity index (χ4v) is 11.0. The van der Waals surface area contributed by atoms with Crippen molar-refractivity contribution < 1.29 is 66.8 Å². The van der Waals surface area contributed by atoms with Gasteiger partial charge in [-0.2, -0.15) is 0 Å². The predicted molar refractivity (Wildman–Crippen MR) is 332 cm³/mol. The number of aromatic nitrogens is 2. The van der Waals surface area contributed by atoms with Crippen molar-refractivity contribution in [3.05, 3.63) is 119 Å². The number of nitrogens with zero attached hydrogens (tertiary/aromatic N) is 6. The molecule has 1 saturated heterocycles. The Kier molecular flexibility index (Phi) is 26.1. The first-order valence-electron chi connectivity index (χ1n) is 30.5. The van der Waals surface area contributed by atoms with E-state index in [4.69, 9.17) is 28.4 Å². The monoisotopic (exact) mass is 1220 g/mol. The first kappa shape index (κ1) is 70.9. The van der Waals surface area contributed by atoms with Crippen molar-refractivity contribution in [1.82, 2.24) is 29.6 Å². The maximum absolute atomic E-state index is 15.2. The van der Waals surface area contributed by atoms with E-state index in [2.05, 4.69) is 9.97 Å². The van der Waals surface area contributed by atoms with Crippen LogP contribution in [0.5, 0.6) is 11.8 Å². The molecule has 0 radical (unpaired) electrons. The molecule has 0 aliphatic carbocycles. The minimum absolute atomic E-state index is 0.0674. The minimum atomic E-state index is -1.56. The molecule has 2 aromatic carbocycles. The lowest BCUT2D eigenvalue weighted by Crippen LogP contribution is -2.55. The number of pyridine rings is 2. The van der Waals surface area contributed by atoms with Crippen LogP contribution in [-0.4, -0.2) is 168 Å². The molecule has 1 aliphatic rings. The largest absolute Gasteiger partial charge is 0.481 e. The van der Waals surface area contributed by atoms with Crippen LogP contribution in [0.15, 0.2) is 85.2 Å². The van der Waals surface area contributed by atoms with E-state index in [9.17, 15) is 28.8 Å². The number of cyclic esters (lactones) is 4. The average Bonchev–Trinajstić information content (AvgIpc) is 1.63. The molecule has 4 aromatic rings. The summed E-state index contributed by atoms with van der Waals surface area (Å²) in [5.74, 6) is -6.94. The summed E-state index contributed by atoms with van der Waals surface area (Å²) in [5.41, 5.74) is 4.72. The summed E-state index contributed by atoms with van der Waals surface area (Å²) in [6.45, 7) is 21.5. The lowest BCUT2D eigenvalue weighted by Gasteiger charge is -2.35. The van der Waals surface area contributed by atoms with E-state index in [0.29, 0.717) is 22.9 Å². The number of methoxy groups -OCH3 is 2. The van der Waals surface area contributed by atoms with Crippen LogP contribution in [-0.2, 0) is 70.1 Å². The van der Waals surface area contributed by atoms with Gasteiger partial charge in [0.05, 0.1) is 14.2 Å². The number of rotatable bonds is 18. The van der Waals surface area contributed by atoms with Gasteiger partial charge in [0.1, 0.15) is 24.2 Å². The molecule has 1 fully saturated rings. The third-order valence-electron chi connectivity index (χ3n) is 16.2. The number of carbonyl (C=O) groups excluding carboxylic acids is 8. The van der Waals surface area contributed by atoms with Gasteiger partial charge in [0.15, 0.2) is 24.4 Å². The fraction of sp³-hybridized carbons (Fsp3) is 0.559. The Labute approximate surface area is 520 Å². The van der Waals surface area contributed by atoms with Gasteiger partial charge in [0.2, 0.25) is 11.8 Å². The maximum Gasteiger partial charge on any atom is 0.329 e. The number of ether oxygens (including phenoxy) is 6. The SMILES string of the molecule is COc1ncccc1C(C)c1ccc(C[C@H]2OC(=O)[C@H](CC(C)C)N(C)C(=O)[C@@H](C)OC(=O)[C@H](CC(C)C)N(C)C(=O)[C@@H](Cc3ccc(C(C)c4cccnc4OC)cc3)OC(=O)[C@H](CC(C)C)N(C)C(=O)[C@@H](C)OC(=O)[C@H](CC(C)C)N(C)C2=O)cc1. The summed E-state index contributed by atoms with van der Waals surface area (Å²) in [7, 11) is 8.67. The van der Waals surface area contributed by atoms with Crippen LogP contribution in [0, 0.1) is 23.7 Å². The Hall–Kier alpha value is -7.90. The summed E-state index contributed by atoms with van der Waals surface area (Å²) in [5, 5.41) is 0. The van der Waals surface area contributed by atoms with Crippen LogP contribution in [0.3, 0.4) is 0 Å². The van der Waals surface area contributed by atoms with E-state index in [1.807, 2.05) is 142 Å². The molecule has 0 saturated carbocycles. The lowest BCUT2D eigenvalue weighted by molar-refractivity contribution is -0.176. The number of hydrogen-bond donors (Lipinski definition) is 0. The molecule has 1 aliphatic heterocycles. The molecule has 3 heterocycles. The Balaban J connectivity index is 1.61. The highest BCUT2D eigenvalue weighted by Crippen LogP contribution is 2.33. The summed E-state index contributed by atoms with van der Waals surface area (Å²) in [4.78, 5) is 132. The Morgan fingerprint density at radius 3 is 0.955 bits per heavy atom. The van der Waals surface area contributed by atoms with Crippen molar-refractivity contribution in [2.24, 2.45) is 23.7 Å². The van der Waals surface area contributed by atoms with Crippen molar-refractivity contribution in [3.8, 4) is 11.8 Å². The molecular formula is C68H94N6O14. The molecular weight excluding hydrogens is 1120 g/mol. The summed E-state index contributed by atoms with van der Waals surface area (Å²) in [6.07, 6.45) is -2.89. The molecule has 0 bridgehead atoms. The first-order chi connectivity index (χ1) is 41.5. The standard InChI is InChI=1S/C68H94N6O14/c1-39(2)33-53-65(79)85-45(11)61(75)71(13)56(36-42(7)8)68(82)88-58(38-48-25-29-50(30-26-48)44(10)52-22-20-32-70-60(52)84-18)64(78)74(16)54(34-40(3)4)66(80)86-46(12)62(76)72(14)55(35-41(5)6)67(81)87-57(63(77)73(53)15)37-47-23-27-49(28-24-47)43(9)51-21-19-31-69-59(51)83-17/h19-32,39-46,53-58H,33-38H2,1-18H3/t43?,44?,45-,46-,53+,54+,55+,56+,57-,58-/m1/s1. The molecule has 88 heavy (non-hydrogen) atoms. The van der Waals surface area contributed by atoms with Gasteiger partial charge in [0.25, 0.3) is 23.6 Å². The second-order valence-electron chi connectivity index (χ2n) is 24.9. The molecule has 10 atom stereocenters. The lowest BCUT2D eigenvalue weighted by atomic mass is 9.92. The van der Waals surface area contributed by atoms with Crippen molar-refractivity contribution in [2.45, 2.75) is 182 Å². The van der Waals surface area contributed by atoms with Crippen molar-refractivity contribution in [2.75, 3.05) is 42.4 Å². The number of benzene rings is 2. The quantitative estimate of drug-likeness (QED) is 0.0669. The molecule has 0 N–H and O–H groups in total. The zero-order valence-electron chi connectivity index (χ0n) is 54.8. The average molecular weight is 1220 g/mol. The predicted octanol–water partition coefficient (Wildman–Crippen LogP) is 8.78. The third kappa shape index (κ3) is 18.6. The molecule has 2 aromatic heterocycles. The zero-order valence-corrected chi connectivity index (χ0v) is 54.8. The first-order valence-corrected chi connectivity index (χ1v) is 30.5. The minimum Gasteiger partial charge on any atom is -0.481 e. The zero-order chi connectivity index (χ0) is 65.4. The summed E-state index contributed by atoms with van der Waals surface area (Å²) in [6, 6.07) is 17.1. The topological polar surface area (TPSA) is 231 Å². The van der Waals surface area contributed by atoms with E-state index in [1.54, 1.807) is 26.6 Å². The molecule has 4 amide bonds. The molecule has 20 nitrogen and oxygen atoms in total. The van der Waals surface area contributed by atoms with Crippen LogP contribution >= 0.6 is 0 Å². The highest BCUT2D eigenvalue weighted by atomic mass is 16.6. The van der Waals surface area contributed by atoms with E-state index >= 15 is 9.59 Å². The second kappa shape index (κ2) is 32.4. The van der Waals surface area contributed by atoms with Crippen molar-refractivity contribution in [1.29, 1.82) is 0 Å². The van der Waals surface area contributed by atoms with Gasteiger partial charge in [-0.25, -0.2) is 29.1 Å². The van der Waals surface area contributed by atoms with Gasteiger partial charge in [-0.1, -0.05) is 130 Å². The molecule has 2 unspecified atom stereocenters. The smallest absolute Gasteiger partial charge is 0.329 e. The number of hydrogen-bond acceptors (Lipinski definition) is 16. The highest BCUT2D eigenvalue weighted by Gasteiger charge is 2.43. The number of carbonyl (C=O) groups is 8. The van der Waals surface area contributed by atoms with Gasteiger partial charge in [-0.15, -0.1) is 0 Å². The Bertz CT molecular complexity index is 2810. The summed E-state index contributed by atoms with van der Waals surface area (Å²) >= 11 is 0. The van der Waals surface area contributed by atoms with Gasteiger partial charge < -0.3 is 48.0 Å². The van der Waals surface area contributed by atoms with Crippen molar-refractivity contribution >= 4 is 47.5 Å². The number of amides is 4. The van der Waals surface area contributed by atoms with Crippen LogP contribution in [0.1, 0.15) is 154 Å². The maximum atomic E-state index is 15.2. The Morgan fingerprint density at radius 1 is 0.409 bits per heavy atom. The second-order valence-corrected chi connectivity index (χ2v) is 24.9. The molecule has 20 heteroatoms. The van der Waals surface area contributed by atoms with Crippen LogP contribution in [0.25, 0.3) is 0 Å². The normalized spacial score (nSPS) is 22.8. The van der Waals surface area contributed by atoms with Crippen LogP contribution in [0.4, 0.5) is 0 Å². The number of likely N-dealkylation sites (N-methyl/N-ethyl adjacent to an activating group) is 4. The van der Waals surface area contributed by atoms with Crippen LogP contribution < -0.4 is 9.47 Å². The molecule has 480 valence electrons. The Morgan fingerprint density at radius 2 is 0.682 bits per heavy atom. The van der Waals surface area contributed by atoms with E-state index in [1.165, 1.54) is 42.0 Å². The van der Waals surface area contributed by atoms with Gasteiger partial charge in [-0.05, 0) is 97.6 Å².